The van der Waals surface area contributed by atoms with Gasteiger partial charge in [-0.15, -0.1) is 0 Å². The van der Waals surface area contributed by atoms with Crippen molar-refractivity contribution in [2.45, 2.75) is 32.1 Å². The summed E-state index contributed by atoms with van der Waals surface area (Å²) in [5.74, 6) is -0.970. The summed E-state index contributed by atoms with van der Waals surface area (Å²) >= 11 is 0. The first kappa shape index (κ1) is 19.5. The fourth-order valence-electron chi connectivity index (χ4n) is 2.00. The molecule has 0 fully saturated rings. The number of carbonyl (C=O) groups is 3. The number of nitrogens with one attached hydrogen (secondary N) is 1. The molecule has 8 nitrogen and oxygen atoms in total. The van der Waals surface area contributed by atoms with E-state index in [9.17, 15) is 18.9 Å². The Morgan fingerprint density at radius 1 is 1.22 bits per heavy atom. The van der Waals surface area contributed by atoms with Crippen LogP contribution < -0.4 is 5.32 Å². The molecule has 23 heavy (non-hydrogen) atoms. The van der Waals surface area contributed by atoms with Crippen LogP contribution in [0.25, 0.3) is 0 Å². The molecule has 0 spiro atoms. The van der Waals surface area contributed by atoms with Gasteiger partial charge < -0.3 is 14.7 Å². The summed E-state index contributed by atoms with van der Waals surface area (Å²) in [4.78, 5) is 44.1. The van der Waals surface area contributed by atoms with Gasteiger partial charge >= 0.3 is 7.60 Å². The molecule has 130 valence electrons. The number of carbonyl (C=O) groups excluding carboxylic acids is 3. The predicted molar refractivity (Wildman–Crippen MR) is 83.7 cm³/mol. The fraction of sp³-hybridized carbons (Fsp3) is 0.643. The number of unbranched alkanes of at least 4 members (excludes halogenated alkanes) is 3. The van der Waals surface area contributed by atoms with Crippen LogP contribution in [0.4, 0.5) is 0 Å². The lowest BCUT2D eigenvalue weighted by molar-refractivity contribution is -0.137. The third-order valence-electron chi connectivity index (χ3n) is 3.19. The minimum Gasteiger partial charge on any atom is -0.356 e. The molecule has 1 rings (SSSR count). The van der Waals surface area contributed by atoms with Gasteiger partial charge in [0.1, 0.15) is 0 Å². The summed E-state index contributed by atoms with van der Waals surface area (Å²) in [7, 11) is -3.38. The highest BCUT2D eigenvalue weighted by molar-refractivity contribution is 7.51. The number of hydrogen-bond donors (Lipinski definition) is 2. The van der Waals surface area contributed by atoms with Crippen LogP contribution in [-0.2, 0) is 23.5 Å². The normalized spacial score (nSPS) is 16.7. The number of imide groups is 1. The van der Waals surface area contributed by atoms with E-state index in [0.29, 0.717) is 13.0 Å². The van der Waals surface area contributed by atoms with Gasteiger partial charge in [-0.1, -0.05) is 12.8 Å². The monoisotopic (exact) mass is 346 g/mol. The van der Waals surface area contributed by atoms with E-state index in [1.54, 1.807) is 0 Å². The molecule has 1 aliphatic rings. The Hall–Kier alpha value is -1.50. The first-order valence-electron chi connectivity index (χ1n) is 7.54. The maximum absolute atomic E-state index is 11.6. The van der Waals surface area contributed by atoms with Crippen molar-refractivity contribution in [2.24, 2.45) is 0 Å². The Labute approximate surface area is 135 Å². The highest BCUT2D eigenvalue weighted by Crippen LogP contribution is 2.36. The average Bonchev–Trinajstić information content (AvgIpc) is 2.77. The highest BCUT2D eigenvalue weighted by Gasteiger charge is 2.23. The molecule has 0 bridgehead atoms. The molecule has 0 saturated heterocycles. The zero-order chi connectivity index (χ0) is 17.3. The third-order valence-corrected chi connectivity index (χ3v) is 3.85. The Morgan fingerprint density at radius 2 is 1.83 bits per heavy atom. The number of rotatable bonds is 11. The molecule has 0 aliphatic carbocycles. The number of hydrogen-bond acceptors (Lipinski definition) is 5. The van der Waals surface area contributed by atoms with Crippen molar-refractivity contribution in [1.29, 1.82) is 0 Å². The second-order valence-electron chi connectivity index (χ2n) is 5.31. The van der Waals surface area contributed by atoms with E-state index in [1.807, 2.05) is 0 Å². The Bertz CT molecular complexity index is 495. The molecular weight excluding hydrogens is 323 g/mol. The van der Waals surface area contributed by atoms with Gasteiger partial charge in [0.2, 0.25) is 5.91 Å². The SMILES string of the molecule is CP(=O)(O)OCCCCCCNC(=O)CCN1C(=O)C=CC1=O. The molecule has 2 N–H and O–H groups in total. The van der Waals surface area contributed by atoms with Crippen LogP contribution >= 0.6 is 7.60 Å². The number of nitrogens with zero attached hydrogens (tertiary/aromatic N) is 1. The summed E-state index contributed by atoms with van der Waals surface area (Å²) in [6.45, 7) is 2.02. The third kappa shape index (κ3) is 8.64. The van der Waals surface area contributed by atoms with Crippen LogP contribution in [0.5, 0.6) is 0 Å². The molecule has 0 radical (unpaired) electrons. The van der Waals surface area contributed by atoms with Gasteiger partial charge in [-0.05, 0) is 12.8 Å². The van der Waals surface area contributed by atoms with Crippen LogP contribution in [-0.4, -0.2) is 53.9 Å². The van der Waals surface area contributed by atoms with Gasteiger partial charge in [-0.2, -0.15) is 0 Å². The molecule has 0 aromatic heterocycles. The summed E-state index contributed by atoms with van der Waals surface area (Å²) in [5.41, 5.74) is 0. The van der Waals surface area contributed by atoms with E-state index in [2.05, 4.69) is 5.32 Å². The molecular formula is C14H23N2O6P. The fourth-order valence-corrected chi connectivity index (χ4v) is 2.46. The lowest BCUT2D eigenvalue weighted by Gasteiger charge is -2.13. The van der Waals surface area contributed by atoms with Crippen LogP contribution in [0.2, 0.25) is 0 Å². The second-order valence-corrected chi connectivity index (χ2v) is 7.18. The van der Waals surface area contributed by atoms with Crippen molar-refractivity contribution in [3.8, 4) is 0 Å². The van der Waals surface area contributed by atoms with Crippen molar-refractivity contribution in [3.05, 3.63) is 12.2 Å². The van der Waals surface area contributed by atoms with E-state index in [1.165, 1.54) is 12.2 Å². The molecule has 0 aromatic carbocycles. The Morgan fingerprint density at radius 3 is 2.43 bits per heavy atom. The molecule has 3 amide bonds. The van der Waals surface area contributed by atoms with Gasteiger partial charge in [-0.25, -0.2) is 0 Å². The highest BCUT2D eigenvalue weighted by atomic mass is 31.2. The minimum atomic E-state index is -3.38. The van der Waals surface area contributed by atoms with Crippen molar-refractivity contribution < 1.29 is 28.4 Å². The van der Waals surface area contributed by atoms with Crippen LogP contribution in [0.1, 0.15) is 32.1 Å². The molecule has 1 atom stereocenters. The van der Waals surface area contributed by atoms with E-state index in [0.717, 1.165) is 30.8 Å². The van der Waals surface area contributed by atoms with E-state index in [4.69, 9.17) is 9.42 Å². The molecule has 9 heteroatoms. The van der Waals surface area contributed by atoms with Gasteiger partial charge in [0, 0.05) is 38.3 Å². The molecule has 1 unspecified atom stereocenters. The van der Waals surface area contributed by atoms with Crippen LogP contribution in [0.3, 0.4) is 0 Å². The largest absolute Gasteiger partial charge is 0.356 e. The van der Waals surface area contributed by atoms with Crippen molar-refractivity contribution in [1.82, 2.24) is 10.2 Å². The molecule has 0 aromatic rings. The van der Waals surface area contributed by atoms with Crippen LogP contribution in [0, 0.1) is 0 Å². The van der Waals surface area contributed by atoms with Gasteiger partial charge in [-0.3, -0.25) is 23.8 Å². The average molecular weight is 346 g/mol. The second kappa shape index (κ2) is 9.60. The number of amides is 3. The standard InChI is InChI=1S/C14H23N2O6P/c1-23(20,21)22-11-5-3-2-4-9-15-12(17)8-10-16-13(18)6-7-14(16)19/h6-7H,2-5,8-11H2,1H3,(H,15,17)(H,20,21). The first-order chi connectivity index (χ1) is 10.8. The Kier molecular flexibility index (Phi) is 8.16. The van der Waals surface area contributed by atoms with Crippen molar-refractivity contribution in [3.63, 3.8) is 0 Å². The lowest BCUT2D eigenvalue weighted by atomic mass is 10.2. The van der Waals surface area contributed by atoms with Gasteiger partial charge in [0.25, 0.3) is 11.8 Å². The van der Waals surface area contributed by atoms with Gasteiger partial charge in [0.15, 0.2) is 0 Å². The van der Waals surface area contributed by atoms with E-state index >= 15 is 0 Å². The van der Waals surface area contributed by atoms with E-state index < -0.39 is 7.60 Å². The van der Waals surface area contributed by atoms with Crippen LogP contribution in [0.15, 0.2) is 12.2 Å². The minimum absolute atomic E-state index is 0.0894. The lowest BCUT2D eigenvalue weighted by Crippen LogP contribution is -2.34. The molecule has 0 saturated carbocycles. The molecule has 1 heterocycles. The van der Waals surface area contributed by atoms with E-state index in [-0.39, 0.29) is 37.3 Å². The summed E-state index contributed by atoms with van der Waals surface area (Å²) in [6, 6.07) is 0. The van der Waals surface area contributed by atoms with Gasteiger partial charge in [0.05, 0.1) is 6.61 Å². The van der Waals surface area contributed by atoms with Crippen molar-refractivity contribution >= 4 is 25.3 Å². The zero-order valence-electron chi connectivity index (χ0n) is 13.2. The maximum atomic E-state index is 11.6. The summed E-state index contributed by atoms with van der Waals surface area (Å²) in [6.07, 6.45) is 5.68. The zero-order valence-corrected chi connectivity index (χ0v) is 14.1. The topological polar surface area (TPSA) is 113 Å². The molecule has 1 aliphatic heterocycles. The maximum Gasteiger partial charge on any atom is 0.325 e. The summed E-state index contributed by atoms with van der Waals surface area (Å²) < 4.78 is 15.6. The smallest absolute Gasteiger partial charge is 0.325 e. The Balaban J connectivity index is 1.97. The first-order valence-corrected chi connectivity index (χ1v) is 9.57. The summed E-state index contributed by atoms with van der Waals surface area (Å²) in [5, 5.41) is 2.73. The van der Waals surface area contributed by atoms with Crippen molar-refractivity contribution in [2.75, 3.05) is 26.4 Å². The quantitative estimate of drug-likeness (QED) is 0.325. The predicted octanol–water partition coefficient (Wildman–Crippen LogP) is 0.810.